The van der Waals surface area contributed by atoms with E-state index in [0.717, 1.165) is 5.56 Å². The minimum absolute atomic E-state index is 0.00770. The fraction of sp³-hybridized carbons (Fsp3) is 0.286. The second kappa shape index (κ2) is 8.39. The van der Waals surface area contributed by atoms with Crippen LogP contribution in [0.15, 0.2) is 58.5 Å². The number of benzene rings is 2. The van der Waals surface area contributed by atoms with E-state index >= 15 is 0 Å². The van der Waals surface area contributed by atoms with Crippen LogP contribution >= 0.6 is 11.8 Å². The summed E-state index contributed by atoms with van der Waals surface area (Å²) >= 11 is 1.31. The summed E-state index contributed by atoms with van der Waals surface area (Å²) in [6.07, 6.45) is 0. The van der Waals surface area contributed by atoms with Crippen molar-refractivity contribution in [2.24, 2.45) is 0 Å². The lowest BCUT2D eigenvalue weighted by Gasteiger charge is -2.19. The molecule has 0 fully saturated rings. The Balaban J connectivity index is 1.75. The smallest absolute Gasteiger partial charge is 0.262 e. The molecule has 1 heterocycles. The molecule has 0 N–H and O–H groups in total. The number of carbonyl (C=O) groups is 1. The van der Waals surface area contributed by atoms with Crippen molar-refractivity contribution in [1.29, 1.82) is 0 Å². The molecule has 3 aromatic rings. The third kappa shape index (κ3) is 4.22. The van der Waals surface area contributed by atoms with Gasteiger partial charge >= 0.3 is 0 Å². The maximum Gasteiger partial charge on any atom is 0.262 e. The Bertz CT molecular complexity index is 1030. The van der Waals surface area contributed by atoms with Gasteiger partial charge < -0.3 is 4.90 Å². The molecule has 140 valence electrons. The van der Waals surface area contributed by atoms with Crippen LogP contribution in [0.5, 0.6) is 0 Å². The summed E-state index contributed by atoms with van der Waals surface area (Å²) in [6.45, 7) is 5.04. The molecular weight excluding hydrogens is 358 g/mol. The van der Waals surface area contributed by atoms with Gasteiger partial charge in [0.05, 0.1) is 16.7 Å². The Kier molecular flexibility index (Phi) is 5.96. The van der Waals surface area contributed by atoms with Crippen LogP contribution in [0, 0.1) is 6.92 Å². The molecule has 6 heteroatoms. The van der Waals surface area contributed by atoms with Crippen LogP contribution in [0.4, 0.5) is 0 Å². The second-order valence-corrected chi connectivity index (χ2v) is 7.37. The van der Waals surface area contributed by atoms with Crippen LogP contribution in [-0.4, -0.2) is 33.2 Å². The highest BCUT2D eigenvalue weighted by Gasteiger charge is 2.15. The number of fused-ring (bicyclic) bond motifs is 1. The molecule has 0 aliphatic carbocycles. The van der Waals surface area contributed by atoms with Gasteiger partial charge in [-0.1, -0.05) is 48.2 Å². The minimum atomic E-state index is -0.0636. The van der Waals surface area contributed by atoms with Gasteiger partial charge in [-0.2, -0.15) is 0 Å². The highest BCUT2D eigenvalue weighted by Crippen LogP contribution is 2.19. The monoisotopic (exact) mass is 381 g/mol. The molecule has 2 aromatic carbocycles. The van der Waals surface area contributed by atoms with Gasteiger partial charge in [0.1, 0.15) is 0 Å². The molecule has 0 aliphatic rings. The van der Waals surface area contributed by atoms with Crippen molar-refractivity contribution < 1.29 is 4.79 Å². The zero-order valence-electron chi connectivity index (χ0n) is 15.8. The lowest BCUT2D eigenvalue weighted by atomic mass is 10.1. The molecule has 27 heavy (non-hydrogen) atoms. The Morgan fingerprint density at radius 2 is 1.85 bits per heavy atom. The van der Waals surface area contributed by atoms with Crippen molar-refractivity contribution in [2.75, 3.05) is 12.8 Å². The molecule has 0 atom stereocenters. The molecule has 1 aromatic heterocycles. The number of aryl methyl sites for hydroxylation is 1. The van der Waals surface area contributed by atoms with Crippen molar-refractivity contribution in [3.63, 3.8) is 0 Å². The van der Waals surface area contributed by atoms with Gasteiger partial charge in [0.2, 0.25) is 5.91 Å². The summed E-state index contributed by atoms with van der Waals surface area (Å²) < 4.78 is 1.63. The van der Waals surface area contributed by atoms with E-state index in [4.69, 9.17) is 0 Å². The largest absolute Gasteiger partial charge is 0.341 e. The Morgan fingerprint density at radius 1 is 1.15 bits per heavy atom. The average molecular weight is 382 g/mol. The highest BCUT2D eigenvalue weighted by molar-refractivity contribution is 7.99. The third-order valence-corrected chi connectivity index (χ3v) is 5.52. The minimum Gasteiger partial charge on any atom is -0.341 e. The summed E-state index contributed by atoms with van der Waals surface area (Å²) in [6, 6.07) is 15.4. The number of thioether (sulfide) groups is 1. The molecule has 0 saturated carbocycles. The number of rotatable bonds is 6. The summed E-state index contributed by atoms with van der Waals surface area (Å²) in [5.74, 6) is 0.251. The average Bonchev–Trinajstić information content (AvgIpc) is 2.68. The van der Waals surface area contributed by atoms with Gasteiger partial charge in [0.15, 0.2) is 5.16 Å². The Labute approximate surface area is 163 Å². The van der Waals surface area contributed by atoms with Crippen LogP contribution < -0.4 is 5.56 Å². The fourth-order valence-corrected chi connectivity index (χ4v) is 3.91. The first kappa shape index (κ1) is 19.2. The van der Waals surface area contributed by atoms with Gasteiger partial charge in [-0.25, -0.2) is 4.98 Å². The van der Waals surface area contributed by atoms with Gasteiger partial charge in [0.25, 0.3) is 5.56 Å². The lowest BCUT2D eigenvalue weighted by molar-refractivity contribution is -0.127. The topological polar surface area (TPSA) is 55.2 Å². The highest BCUT2D eigenvalue weighted by atomic mass is 32.2. The maximum atomic E-state index is 12.7. The number of hydrogen-bond acceptors (Lipinski definition) is 4. The van der Waals surface area contributed by atoms with Crippen molar-refractivity contribution in [2.45, 2.75) is 32.1 Å². The van der Waals surface area contributed by atoms with Gasteiger partial charge in [0, 0.05) is 20.1 Å². The number of carbonyl (C=O) groups excluding carboxylic acids is 1. The van der Waals surface area contributed by atoms with Crippen molar-refractivity contribution >= 4 is 28.6 Å². The van der Waals surface area contributed by atoms with Crippen molar-refractivity contribution in [3.8, 4) is 0 Å². The van der Waals surface area contributed by atoms with E-state index in [1.807, 2.05) is 56.3 Å². The lowest BCUT2D eigenvalue weighted by Crippen LogP contribution is -2.29. The van der Waals surface area contributed by atoms with Gasteiger partial charge in [-0.15, -0.1) is 0 Å². The van der Waals surface area contributed by atoms with Crippen LogP contribution in [0.3, 0.4) is 0 Å². The van der Waals surface area contributed by atoms with E-state index in [9.17, 15) is 9.59 Å². The maximum absolute atomic E-state index is 12.7. The van der Waals surface area contributed by atoms with E-state index < -0.39 is 0 Å². The molecule has 0 saturated heterocycles. The van der Waals surface area contributed by atoms with E-state index in [1.165, 1.54) is 17.3 Å². The third-order valence-electron chi connectivity index (χ3n) is 4.56. The number of amides is 1. The molecule has 5 nitrogen and oxygen atoms in total. The predicted molar refractivity (Wildman–Crippen MR) is 110 cm³/mol. The normalized spacial score (nSPS) is 10.9. The second-order valence-electron chi connectivity index (χ2n) is 6.43. The van der Waals surface area contributed by atoms with E-state index in [0.29, 0.717) is 29.1 Å². The molecule has 0 spiro atoms. The van der Waals surface area contributed by atoms with Crippen molar-refractivity contribution in [3.05, 3.63) is 70.0 Å². The van der Waals surface area contributed by atoms with Crippen LogP contribution in [0.25, 0.3) is 10.9 Å². The molecule has 0 radical (unpaired) electrons. The van der Waals surface area contributed by atoms with Gasteiger partial charge in [-0.3, -0.25) is 14.2 Å². The quantitative estimate of drug-likeness (QED) is 0.485. The van der Waals surface area contributed by atoms with E-state index in [-0.39, 0.29) is 17.2 Å². The first-order valence-corrected chi connectivity index (χ1v) is 9.90. The van der Waals surface area contributed by atoms with Crippen LogP contribution in [0.1, 0.15) is 18.1 Å². The van der Waals surface area contributed by atoms with E-state index in [1.54, 1.807) is 22.6 Å². The SMILES string of the molecule is CCn1c(SCC(=O)N(C)Cc2ccccc2C)nc2ccccc2c1=O. The number of aromatic nitrogens is 2. The molecule has 0 bridgehead atoms. The summed E-state index contributed by atoms with van der Waals surface area (Å²) in [5, 5.41) is 1.19. The fourth-order valence-electron chi connectivity index (χ4n) is 2.90. The van der Waals surface area contributed by atoms with Crippen LogP contribution in [0.2, 0.25) is 0 Å². The van der Waals surface area contributed by atoms with Crippen molar-refractivity contribution in [1.82, 2.24) is 14.5 Å². The zero-order chi connectivity index (χ0) is 19.4. The van der Waals surface area contributed by atoms with Crippen LogP contribution in [-0.2, 0) is 17.9 Å². The standard InChI is InChI=1S/C21H23N3O2S/c1-4-24-20(26)17-11-7-8-12-18(17)22-21(24)27-14-19(25)23(3)13-16-10-6-5-9-15(16)2/h5-12H,4,13-14H2,1-3H3. The summed E-state index contributed by atoms with van der Waals surface area (Å²) in [4.78, 5) is 31.5. The van der Waals surface area contributed by atoms with E-state index in [2.05, 4.69) is 4.98 Å². The Morgan fingerprint density at radius 3 is 2.59 bits per heavy atom. The zero-order valence-corrected chi connectivity index (χ0v) is 16.6. The van der Waals surface area contributed by atoms with Gasteiger partial charge in [-0.05, 0) is 37.1 Å². The molecule has 1 amide bonds. The number of nitrogens with zero attached hydrogens (tertiary/aromatic N) is 3. The first-order chi connectivity index (χ1) is 13.0. The summed E-state index contributed by atoms with van der Waals surface area (Å²) in [5.41, 5.74) is 2.90. The summed E-state index contributed by atoms with van der Waals surface area (Å²) in [7, 11) is 1.80. The predicted octanol–water partition coefficient (Wildman–Crippen LogP) is 3.48. The number of hydrogen-bond donors (Lipinski definition) is 0. The molecule has 0 unspecified atom stereocenters. The molecule has 0 aliphatic heterocycles. The first-order valence-electron chi connectivity index (χ1n) is 8.92. The Hall–Kier alpha value is -2.60. The number of para-hydroxylation sites is 1. The molecular formula is C21H23N3O2S. The molecule has 3 rings (SSSR count).